The van der Waals surface area contributed by atoms with E-state index in [1.54, 1.807) is 13.1 Å². The summed E-state index contributed by atoms with van der Waals surface area (Å²) in [5.74, 6) is -0.158. The van der Waals surface area contributed by atoms with Crippen LogP contribution in [0.15, 0.2) is 36.4 Å². The van der Waals surface area contributed by atoms with Crippen LogP contribution in [-0.2, 0) is 10.3 Å². The predicted molar refractivity (Wildman–Crippen MR) is 86.1 cm³/mol. The zero-order valence-electron chi connectivity index (χ0n) is 11.6. The molecule has 3 rings (SSSR count). The van der Waals surface area contributed by atoms with Crippen molar-refractivity contribution in [2.75, 3.05) is 12.4 Å². The molecule has 0 saturated carbocycles. The highest BCUT2D eigenvalue weighted by Crippen LogP contribution is 2.44. The van der Waals surface area contributed by atoms with Gasteiger partial charge in [0, 0.05) is 26.9 Å². The Morgan fingerprint density at radius 3 is 2.48 bits per heavy atom. The van der Waals surface area contributed by atoms with Gasteiger partial charge in [0.1, 0.15) is 0 Å². The summed E-state index contributed by atoms with van der Waals surface area (Å²) in [6.07, 6.45) is 0. The van der Waals surface area contributed by atoms with E-state index in [2.05, 4.69) is 10.6 Å². The molecule has 2 aromatic carbocycles. The largest absolute Gasteiger partial charge is 0.323 e. The number of rotatable bonds is 2. The van der Waals surface area contributed by atoms with Crippen LogP contribution in [-0.4, -0.2) is 13.0 Å². The third kappa shape index (κ3) is 1.96. The molecule has 0 saturated heterocycles. The van der Waals surface area contributed by atoms with Crippen molar-refractivity contribution in [2.24, 2.45) is 0 Å². The van der Waals surface area contributed by atoms with E-state index in [9.17, 15) is 4.79 Å². The third-order valence-electron chi connectivity index (χ3n) is 3.94. The summed E-state index contributed by atoms with van der Waals surface area (Å²) in [5, 5.41) is 7.20. The van der Waals surface area contributed by atoms with Crippen molar-refractivity contribution in [3.05, 3.63) is 63.1 Å². The highest BCUT2D eigenvalue weighted by atomic mass is 35.5. The highest BCUT2D eigenvalue weighted by molar-refractivity contribution is 6.33. The molecule has 21 heavy (non-hydrogen) atoms. The van der Waals surface area contributed by atoms with Crippen molar-refractivity contribution in [3.63, 3.8) is 0 Å². The van der Waals surface area contributed by atoms with Crippen LogP contribution in [0.2, 0.25) is 10.0 Å². The molecule has 1 aliphatic rings. The molecule has 0 radical (unpaired) electrons. The minimum absolute atomic E-state index is 0.158. The molecule has 1 atom stereocenters. The standard InChI is InChI=1S/C16H14Cl2N2O/c1-9-7-14-11(8-13(9)18)16(19-2,15(21)20-14)10-5-3-4-6-12(10)17/h3-8,19H,1-2H3,(H,20,21). The van der Waals surface area contributed by atoms with E-state index in [1.807, 2.05) is 37.3 Å². The number of likely N-dealkylation sites (N-methyl/N-ethyl adjacent to an activating group) is 1. The van der Waals surface area contributed by atoms with E-state index in [1.165, 1.54) is 0 Å². The van der Waals surface area contributed by atoms with Crippen LogP contribution in [0.25, 0.3) is 0 Å². The zero-order chi connectivity index (χ0) is 15.2. The molecule has 0 fully saturated rings. The van der Waals surface area contributed by atoms with Gasteiger partial charge in [0.05, 0.1) is 0 Å². The lowest BCUT2D eigenvalue weighted by atomic mass is 9.83. The summed E-state index contributed by atoms with van der Waals surface area (Å²) in [7, 11) is 1.74. The summed E-state index contributed by atoms with van der Waals surface area (Å²) in [6, 6.07) is 11.0. The second-order valence-electron chi connectivity index (χ2n) is 5.08. The van der Waals surface area contributed by atoms with Crippen LogP contribution in [0.3, 0.4) is 0 Å². The quantitative estimate of drug-likeness (QED) is 0.885. The number of amides is 1. The van der Waals surface area contributed by atoms with Crippen molar-refractivity contribution >= 4 is 34.8 Å². The summed E-state index contributed by atoms with van der Waals surface area (Å²) >= 11 is 12.6. The van der Waals surface area contributed by atoms with Crippen LogP contribution >= 0.6 is 23.2 Å². The van der Waals surface area contributed by atoms with Gasteiger partial charge in [-0.1, -0.05) is 41.4 Å². The van der Waals surface area contributed by atoms with Crippen LogP contribution in [0, 0.1) is 6.92 Å². The number of fused-ring (bicyclic) bond motifs is 1. The molecule has 5 heteroatoms. The first-order chi connectivity index (χ1) is 10.0. The lowest BCUT2D eigenvalue weighted by Crippen LogP contribution is -2.47. The first kappa shape index (κ1) is 14.4. The average Bonchev–Trinajstić information content (AvgIpc) is 2.72. The Balaban J connectivity index is 2.33. The number of aryl methyl sites for hydroxylation is 1. The summed E-state index contributed by atoms with van der Waals surface area (Å²) in [5.41, 5.74) is 2.16. The number of hydrogen-bond acceptors (Lipinski definition) is 2. The fourth-order valence-corrected chi connectivity index (χ4v) is 3.29. The van der Waals surface area contributed by atoms with Gasteiger partial charge in [0.25, 0.3) is 5.91 Å². The van der Waals surface area contributed by atoms with Gasteiger partial charge in [-0.05, 0) is 37.7 Å². The molecule has 108 valence electrons. The SMILES string of the molecule is CNC1(c2ccccc2Cl)C(=O)Nc2cc(C)c(Cl)cc21. The van der Waals surface area contributed by atoms with Crippen LogP contribution in [0.4, 0.5) is 5.69 Å². The third-order valence-corrected chi connectivity index (χ3v) is 4.68. The minimum Gasteiger partial charge on any atom is -0.323 e. The Hall–Kier alpha value is -1.55. The van der Waals surface area contributed by atoms with Crippen LogP contribution < -0.4 is 10.6 Å². The van der Waals surface area contributed by atoms with Gasteiger partial charge < -0.3 is 5.32 Å². The molecule has 0 bridgehead atoms. The normalized spacial score (nSPS) is 20.3. The number of hydrogen-bond donors (Lipinski definition) is 2. The fraction of sp³-hybridized carbons (Fsp3) is 0.188. The van der Waals surface area contributed by atoms with Gasteiger partial charge >= 0.3 is 0 Å². The van der Waals surface area contributed by atoms with Gasteiger partial charge in [-0.2, -0.15) is 0 Å². The number of halogens is 2. The van der Waals surface area contributed by atoms with Crippen molar-refractivity contribution < 1.29 is 4.79 Å². The van der Waals surface area contributed by atoms with Gasteiger partial charge in [-0.25, -0.2) is 0 Å². The van der Waals surface area contributed by atoms with E-state index in [0.717, 1.165) is 16.8 Å². The Bertz CT molecular complexity index is 745. The average molecular weight is 321 g/mol. The first-order valence-corrected chi connectivity index (χ1v) is 7.32. The molecule has 1 amide bonds. The second kappa shape index (κ2) is 5.02. The van der Waals surface area contributed by atoms with E-state index in [-0.39, 0.29) is 5.91 Å². The Morgan fingerprint density at radius 1 is 1.10 bits per heavy atom. The number of carbonyl (C=O) groups is 1. The fourth-order valence-electron chi connectivity index (χ4n) is 2.85. The predicted octanol–water partition coefficient (Wildman–Crippen LogP) is 3.72. The first-order valence-electron chi connectivity index (χ1n) is 6.56. The van der Waals surface area contributed by atoms with Gasteiger partial charge in [-0.3, -0.25) is 10.1 Å². The van der Waals surface area contributed by atoms with E-state index in [0.29, 0.717) is 15.6 Å². The van der Waals surface area contributed by atoms with Gasteiger partial charge in [-0.15, -0.1) is 0 Å². The Kier molecular flexibility index (Phi) is 3.44. The van der Waals surface area contributed by atoms with E-state index < -0.39 is 5.54 Å². The zero-order valence-corrected chi connectivity index (χ0v) is 13.1. The Morgan fingerprint density at radius 2 is 1.81 bits per heavy atom. The molecular formula is C16H14Cl2N2O. The molecule has 1 heterocycles. The van der Waals surface area contributed by atoms with Crippen molar-refractivity contribution in [1.29, 1.82) is 0 Å². The number of anilines is 1. The molecule has 1 unspecified atom stereocenters. The van der Waals surface area contributed by atoms with Crippen molar-refractivity contribution in [2.45, 2.75) is 12.5 Å². The van der Waals surface area contributed by atoms with Crippen molar-refractivity contribution in [1.82, 2.24) is 5.32 Å². The van der Waals surface area contributed by atoms with Crippen LogP contribution in [0.1, 0.15) is 16.7 Å². The maximum Gasteiger partial charge on any atom is 0.254 e. The topological polar surface area (TPSA) is 41.1 Å². The highest BCUT2D eigenvalue weighted by Gasteiger charge is 2.48. The molecule has 0 aliphatic carbocycles. The summed E-state index contributed by atoms with van der Waals surface area (Å²) in [4.78, 5) is 12.7. The minimum atomic E-state index is -1.02. The van der Waals surface area contributed by atoms with Gasteiger partial charge in [0.15, 0.2) is 5.54 Å². The monoisotopic (exact) mass is 320 g/mol. The van der Waals surface area contributed by atoms with E-state index in [4.69, 9.17) is 23.2 Å². The van der Waals surface area contributed by atoms with Gasteiger partial charge in [0.2, 0.25) is 0 Å². The molecule has 2 aromatic rings. The summed E-state index contributed by atoms with van der Waals surface area (Å²) < 4.78 is 0. The lowest BCUT2D eigenvalue weighted by molar-refractivity contribution is -0.120. The molecule has 2 N–H and O–H groups in total. The Labute approximate surface area is 133 Å². The van der Waals surface area contributed by atoms with Crippen LogP contribution in [0.5, 0.6) is 0 Å². The second-order valence-corrected chi connectivity index (χ2v) is 5.90. The molecule has 3 nitrogen and oxygen atoms in total. The number of carbonyl (C=O) groups excluding carboxylic acids is 1. The molecule has 0 aromatic heterocycles. The lowest BCUT2D eigenvalue weighted by Gasteiger charge is -2.28. The summed E-state index contributed by atoms with van der Waals surface area (Å²) in [6.45, 7) is 1.91. The molecule has 1 aliphatic heterocycles. The maximum atomic E-state index is 12.7. The number of benzene rings is 2. The smallest absolute Gasteiger partial charge is 0.254 e. The van der Waals surface area contributed by atoms with E-state index >= 15 is 0 Å². The molecular weight excluding hydrogens is 307 g/mol. The number of nitrogens with one attached hydrogen (secondary N) is 2. The van der Waals surface area contributed by atoms with Crippen molar-refractivity contribution in [3.8, 4) is 0 Å². The molecule has 0 spiro atoms. The maximum absolute atomic E-state index is 12.7.